The van der Waals surface area contributed by atoms with E-state index in [2.05, 4.69) is 10.2 Å². The van der Waals surface area contributed by atoms with Crippen molar-refractivity contribution in [1.82, 2.24) is 5.32 Å². The van der Waals surface area contributed by atoms with Gasteiger partial charge in [0.25, 0.3) is 0 Å². The third kappa shape index (κ3) is 0.579. The number of nitrogens with one attached hydrogen (secondary N) is 1. The lowest BCUT2D eigenvalue weighted by atomic mass is 10.3. The molecule has 0 fully saturated rings. The smallest absolute Gasteiger partial charge is 0.205 e. The molecule has 0 aromatic heterocycles. The van der Waals surface area contributed by atoms with Crippen molar-refractivity contribution in [3.05, 3.63) is 36.1 Å². The van der Waals surface area contributed by atoms with Crippen LogP contribution in [0, 0.1) is 0 Å². The Hall–Kier alpha value is -1.38. The number of allylic oxidation sites excluding steroid dienone is 2. The highest BCUT2D eigenvalue weighted by molar-refractivity contribution is 5.32. The summed E-state index contributed by atoms with van der Waals surface area (Å²) in [7, 11) is 0. The minimum Gasteiger partial charge on any atom is -0.356 e. The Labute approximate surface area is 52.2 Å². The van der Waals surface area contributed by atoms with E-state index < -0.39 is 0 Å². The third-order valence-corrected chi connectivity index (χ3v) is 1.15. The normalized spacial score (nSPS) is 20.4. The van der Waals surface area contributed by atoms with Crippen LogP contribution in [-0.4, -0.2) is 0 Å². The molecule has 9 heavy (non-hydrogen) atoms. The molecule has 0 radical (unpaired) electrons. The first-order valence-electron chi connectivity index (χ1n) is 2.64. The van der Waals surface area contributed by atoms with Crippen LogP contribution in [0.1, 0.15) is 0 Å². The molecule has 0 aromatic carbocycles. The summed E-state index contributed by atoms with van der Waals surface area (Å²) in [6, 6.07) is 0. The summed E-state index contributed by atoms with van der Waals surface area (Å²) >= 11 is 0. The van der Waals surface area contributed by atoms with Crippen molar-refractivity contribution in [1.29, 1.82) is 0 Å². The van der Waals surface area contributed by atoms with Crippen LogP contribution < -0.4 is 5.32 Å². The molecule has 2 aliphatic heterocycles. The molecule has 0 unspecified atom stereocenters. The van der Waals surface area contributed by atoms with Crippen molar-refractivity contribution in [2.45, 2.75) is 0 Å². The second-order valence-corrected chi connectivity index (χ2v) is 1.75. The van der Waals surface area contributed by atoms with Gasteiger partial charge < -0.3 is 5.32 Å². The topological polar surface area (TPSA) is 30.5 Å². The fraction of sp³-hybridized carbons (Fsp3) is 0. The maximum atomic E-state index is 4.71. The molecule has 2 rings (SSSR count). The van der Waals surface area contributed by atoms with E-state index in [1.807, 2.05) is 18.4 Å². The average Bonchev–Trinajstić information content (AvgIpc) is 2.33. The zero-order valence-corrected chi connectivity index (χ0v) is 4.63. The number of rotatable bonds is 0. The highest BCUT2D eigenvalue weighted by Gasteiger charge is 2.15. The van der Waals surface area contributed by atoms with Crippen molar-refractivity contribution in [2.24, 2.45) is 0 Å². The summed E-state index contributed by atoms with van der Waals surface area (Å²) in [6.07, 6.45) is 7.01. The lowest BCUT2D eigenvalue weighted by Gasteiger charge is -2.02. The van der Waals surface area contributed by atoms with E-state index >= 15 is 0 Å². The van der Waals surface area contributed by atoms with Gasteiger partial charge >= 0.3 is 0 Å². The molecule has 0 bridgehead atoms. The second-order valence-electron chi connectivity index (χ2n) is 1.75. The third-order valence-electron chi connectivity index (χ3n) is 1.15. The highest BCUT2D eigenvalue weighted by atomic mass is 17.2. The first-order valence-corrected chi connectivity index (χ1v) is 2.64. The van der Waals surface area contributed by atoms with Crippen LogP contribution in [0.5, 0.6) is 0 Å². The Morgan fingerprint density at radius 3 is 3.33 bits per heavy atom. The van der Waals surface area contributed by atoms with Gasteiger partial charge in [0.2, 0.25) is 5.76 Å². The first kappa shape index (κ1) is 4.49. The molecule has 0 atom stereocenters. The highest BCUT2D eigenvalue weighted by Crippen LogP contribution is 2.18. The second kappa shape index (κ2) is 1.55. The van der Waals surface area contributed by atoms with E-state index in [0.717, 1.165) is 11.5 Å². The number of hydrogen-bond acceptors (Lipinski definition) is 3. The predicted octanol–water partition coefficient (Wildman–Crippen LogP) is 0.790. The van der Waals surface area contributed by atoms with Crippen molar-refractivity contribution in [3.63, 3.8) is 0 Å². The van der Waals surface area contributed by atoms with Crippen LogP contribution in [0.4, 0.5) is 0 Å². The summed E-state index contributed by atoms with van der Waals surface area (Å²) in [5, 5.41) is 2.94. The van der Waals surface area contributed by atoms with Gasteiger partial charge in [0, 0.05) is 6.20 Å². The number of dihydropyridines is 1. The van der Waals surface area contributed by atoms with Gasteiger partial charge in [0.05, 0.1) is 0 Å². The zero-order chi connectivity index (χ0) is 6.10. The molecule has 1 N–H and O–H groups in total. The fourth-order valence-corrected chi connectivity index (χ4v) is 0.723. The standard InChI is InChI=1S/C6H5NO2/c1-2-6-5(7-3-1)4-8-9-6/h1-4,7H. The van der Waals surface area contributed by atoms with E-state index in [1.54, 1.807) is 0 Å². The van der Waals surface area contributed by atoms with Gasteiger partial charge in [-0.25, -0.2) is 0 Å². The molecule has 0 saturated carbocycles. The molecule has 0 aromatic rings. The van der Waals surface area contributed by atoms with E-state index in [1.165, 1.54) is 6.26 Å². The van der Waals surface area contributed by atoms with Gasteiger partial charge in [-0.05, 0) is 12.2 Å². The molecule has 3 nitrogen and oxygen atoms in total. The van der Waals surface area contributed by atoms with Gasteiger partial charge in [-0.2, -0.15) is 0 Å². The number of fused-ring (bicyclic) bond motifs is 1. The summed E-state index contributed by atoms with van der Waals surface area (Å²) in [4.78, 5) is 9.27. The molecule has 2 aliphatic rings. The molecular formula is C6H5NO2. The van der Waals surface area contributed by atoms with Gasteiger partial charge in [-0.3, -0.25) is 9.78 Å². The first-order chi connectivity index (χ1) is 4.47. The predicted molar refractivity (Wildman–Crippen MR) is 30.6 cm³/mol. The molecule has 0 amide bonds. The van der Waals surface area contributed by atoms with Crippen LogP contribution in [0.3, 0.4) is 0 Å². The quantitative estimate of drug-likeness (QED) is 0.483. The summed E-state index contributed by atoms with van der Waals surface area (Å²) in [5.41, 5.74) is 0.873. The van der Waals surface area contributed by atoms with Crippen LogP contribution in [0.25, 0.3) is 0 Å². The van der Waals surface area contributed by atoms with Gasteiger partial charge in [0.15, 0.2) is 6.26 Å². The molecule has 0 saturated heterocycles. The van der Waals surface area contributed by atoms with Gasteiger partial charge in [0.1, 0.15) is 5.70 Å². The monoisotopic (exact) mass is 123 g/mol. The molecule has 46 valence electrons. The van der Waals surface area contributed by atoms with Crippen LogP contribution in [0.15, 0.2) is 36.1 Å². The minimum absolute atomic E-state index is 0.734. The number of hydrogen-bond donors (Lipinski definition) is 1. The van der Waals surface area contributed by atoms with E-state index in [4.69, 9.17) is 4.89 Å². The Bertz CT molecular complexity index is 215. The van der Waals surface area contributed by atoms with Gasteiger partial charge in [-0.1, -0.05) is 0 Å². The summed E-state index contributed by atoms with van der Waals surface area (Å²) in [6.45, 7) is 0. The van der Waals surface area contributed by atoms with Gasteiger partial charge in [-0.15, -0.1) is 0 Å². The van der Waals surface area contributed by atoms with Crippen molar-refractivity contribution in [2.75, 3.05) is 0 Å². The Kier molecular flexibility index (Phi) is 0.773. The van der Waals surface area contributed by atoms with Crippen molar-refractivity contribution >= 4 is 0 Å². The largest absolute Gasteiger partial charge is 0.356 e. The van der Waals surface area contributed by atoms with Crippen LogP contribution >= 0.6 is 0 Å². The molecule has 0 aliphatic carbocycles. The van der Waals surface area contributed by atoms with Crippen LogP contribution in [0.2, 0.25) is 0 Å². The molecule has 3 heteroatoms. The van der Waals surface area contributed by atoms with Crippen molar-refractivity contribution in [3.8, 4) is 0 Å². The Morgan fingerprint density at radius 1 is 1.44 bits per heavy atom. The molecule has 0 spiro atoms. The summed E-state index contributed by atoms with van der Waals surface area (Å²) < 4.78 is 0. The maximum absolute atomic E-state index is 4.71. The SMILES string of the molecule is C1=CNC2=COOC2=C1. The Balaban J connectivity index is 2.37. The van der Waals surface area contributed by atoms with E-state index in [-0.39, 0.29) is 0 Å². The summed E-state index contributed by atoms with van der Waals surface area (Å²) in [5.74, 6) is 0.734. The fourth-order valence-electron chi connectivity index (χ4n) is 0.723. The van der Waals surface area contributed by atoms with Crippen LogP contribution in [-0.2, 0) is 9.78 Å². The Morgan fingerprint density at radius 2 is 2.44 bits per heavy atom. The van der Waals surface area contributed by atoms with E-state index in [9.17, 15) is 0 Å². The lowest BCUT2D eigenvalue weighted by molar-refractivity contribution is -0.192. The molecular weight excluding hydrogens is 118 g/mol. The minimum atomic E-state index is 0.734. The maximum Gasteiger partial charge on any atom is 0.205 e. The molecule has 2 heterocycles. The zero-order valence-electron chi connectivity index (χ0n) is 4.63. The van der Waals surface area contributed by atoms with E-state index in [0.29, 0.717) is 0 Å². The van der Waals surface area contributed by atoms with Crippen molar-refractivity contribution < 1.29 is 9.78 Å². The average molecular weight is 123 g/mol. The lowest BCUT2D eigenvalue weighted by Crippen LogP contribution is -2.07.